The zero-order valence-corrected chi connectivity index (χ0v) is 9.79. The van der Waals surface area contributed by atoms with Crippen molar-refractivity contribution in [2.75, 3.05) is 0 Å². The van der Waals surface area contributed by atoms with Crippen LogP contribution in [-0.2, 0) is 12.0 Å². The molecule has 2 aliphatic carbocycles. The first-order valence-electron chi connectivity index (χ1n) is 8.86. The maximum atomic E-state index is 11.6. The molecule has 0 saturated heterocycles. The van der Waals surface area contributed by atoms with E-state index < -0.39 is 25.2 Å². The molecule has 0 saturated carbocycles. The third-order valence-electron chi connectivity index (χ3n) is 3.85. The number of allylic oxidation sites excluding steroid dienone is 2. The topological polar surface area (TPSA) is 58.9 Å². The summed E-state index contributed by atoms with van der Waals surface area (Å²) in [5, 5.41) is 0. The minimum atomic E-state index is -2.32. The maximum Gasteiger partial charge on any atom is 0.248 e. The molecule has 3 nitrogen and oxygen atoms in total. The molecule has 3 heteroatoms. The summed E-state index contributed by atoms with van der Waals surface area (Å²) in [4.78, 5) is 14.3. The van der Waals surface area contributed by atoms with Gasteiger partial charge in [0.1, 0.15) is 0 Å². The van der Waals surface area contributed by atoms with Crippen LogP contribution in [0.4, 0.5) is 0 Å². The average Bonchev–Trinajstić information content (AvgIpc) is 2.38. The number of hydrogen-bond acceptors (Lipinski definition) is 2. The Kier molecular flexibility index (Phi) is 1.34. The maximum absolute atomic E-state index is 11.6. The molecular weight excluding hydrogens is 224 g/mol. The number of aromatic nitrogens is 1. The summed E-state index contributed by atoms with van der Waals surface area (Å²) in [7, 11) is 0. The summed E-state index contributed by atoms with van der Waals surface area (Å²) < 4.78 is 45.6. The quantitative estimate of drug-likeness (QED) is 0.690. The van der Waals surface area contributed by atoms with Crippen molar-refractivity contribution in [3.63, 3.8) is 0 Å². The standard InChI is InChI=1S/C15H18N2O/c1-3-11-10-6-9(2)8-15(11,16)12-4-5-14(18)17-13(12)7-10/h3-6,10H,7-8,16H2,1-2H3,(H,17,18)/b11-3+/t10-,15+/m0/s1/i1D3,2D3. The van der Waals surface area contributed by atoms with E-state index in [9.17, 15) is 4.79 Å². The van der Waals surface area contributed by atoms with Crippen LogP contribution < -0.4 is 11.3 Å². The number of H-pyrrole nitrogens is 1. The van der Waals surface area contributed by atoms with Gasteiger partial charge in [-0.25, -0.2) is 0 Å². The molecule has 0 fully saturated rings. The van der Waals surface area contributed by atoms with E-state index in [1.54, 1.807) is 12.1 Å². The highest BCUT2D eigenvalue weighted by Crippen LogP contribution is 2.47. The Morgan fingerprint density at radius 2 is 2.50 bits per heavy atom. The molecule has 0 amide bonds. The molecule has 2 bridgehead atoms. The molecule has 3 rings (SSSR count). The minimum Gasteiger partial charge on any atom is -0.326 e. The number of rotatable bonds is 0. The Morgan fingerprint density at radius 1 is 1.61 bits per heavy atom. The molecule has 0 aliphatic heterocycles. The molecule has 0 aromatic carbocycles. The predicted octanol–water partition coefficient (Wildman–Crippen LogP) is 2.00. The number of aromatic amines is 1. The Balaban J connectivity index is 2.25. The van der Waals surface area contributed by atoms with Gasteiger partial charge >= 0.3 is 0 Å². The lowest BCUT2D eigenvalue weighted by atomic mass is 9.63. The lowest BCUT2D eigenvalue weighted by Gasteiger charge is -2.45. The van der Waals surface area contributed by atoms with Gasteiger partial charge in [-0.15, -0.1) is 0 Å². The molecular formula is C15H18N2O. The Labute approximate surface area is 115 Å². The Bertz CT molecular complexity index is 801. The first-order valence-corrected chi connectivity index (χ1v) is 5.86. The molecule has 1 aromatic heterocycles. The summed E-state index contributed by atoms with van der Waals surface area (Å²) >= 11 is 0. The molecule has 0 radical (unpaired) electrons. The van der Waals surface area contributed by atoms with Crippen molar-refractivity contribution < 1.29 is 8.22 Å². The average molecular weight is 248 g/mol. The van der Waals surface area contributed by atoms with Crippen LogP contribution >= 0.6 is 0 Å². The third kappa shape index (κ3) is 1.44. The number of nitrogens with one attached hydrogen (secondary N) is 1. The minimum absolute atomic E-state index is 0.000950. The second kappa shape index (κ2) is 3.69. The van der Waals surface area contributed by atoms with Crippen molar-refractivity contribution in [1.82, 2.24) is 4.98 Å². The van der Waals surface area contributed by atoms with E-state index in [1.165, 1.54) is 12.1 Å². The van der Waals surface area contributed by atoms with Crippen LogP contribution in [-0.4, -0.2) is 4.98 Å². The van der Waals surface area contributed by atoms with Crippen molar-refractivity contribution in [1.29, 1.82) is 0 Å². The fraction of sp³-hybridized carbons (Fsp3) is 0.400. The van der Waals surface area contributed by atoms with Crippen molar-refractivity contribution in [2.24, 2.45) is 11.7 Å². The van der Waals surface area contributed by atoms with Crippen LogP contribution in [0.1, 0.15) is 39.6 Å². The number of fused-ring (bicyclic) bond motifs is 4. The van der Waals surface area contributed by atoms with Crippen LogP contribution in [0.2, 0.25) is 0 Å². The lowest BCUT2D eigenvalue weighted by molar-refractivity contribution is 0.409. The van der Waals surface area contributed by atoms with E-state index in [2.05, 4.69) is 4.98 Å². The molecule has 1 aromatic rings. The molecule has 18 heavy (non-hydrogen) atoms. The van der Waals surface area contributed by atoms with Crippen LogP contribution in [0.3, 0.4) is 0 Å². The van der Waals surface area contributed by atoms with Gasteiger partial charge in [0.2, 0.25) is 5.56 Å². The van der Waals surface area contributed by atoms with Crippen molar-refractivity contribution in [2.45, 2.75) is 32.1 Å². The van der Waals surface area contributed by atoms with Gasteiger partial charge in [-0.1, -0.05) is 17.7 Å². The monoisotopic (exact) mass is 248 g/mol. The largest absolute Gasteiger partial charge is 0.326 e. The Morgan fingerprint density at radius 3 is 3.28 bits per heavy atom. The predicted molar refractivity (Wildman–Crippen MR) is 72.3 cm³/mol. The van der Waals surface area contributed by atoms with Gasteiger partial charge in [0.25, 0.3) is 0 Å². The van der Waals surface area contributed by atoms with Gasteiger partial charge < -0.3 is 10.7 Å². The van der Waals surface area contributed by atoms with Crippen molar-refractivity contribution >= 4 is 0 Å². The van der Waals surface area contributed by atoms with Gasteiger partial charge in [-0.2, -0.15) is 0 Å². The van der Waals surface area contributed by atoms with Crippen LogP contribution in [0.5, 0.6) is 0 Å². The van der Waals surface area contributed by atoms with E-state index in [-0.39, 0.29) is 17.6 Å². The molecule has 0 spiro atoms. The first-order chi connectivity index (χ1) is 10.9. The summed E-state index contributed by atoms with van der Waals surface area (Å²) in [5.41, 5.74) is 7.01. The number of hydrogen-bond donors (Lipinski definition) is 2. The molecule has 2 atom stereocenters. The van der Waals surface area contributed by atoms with E-state index in [0.717, 1.165) is 0 Å². The smallest absolute Gasteiger partial charge is 0.248 e. The number of nitrogens with two attached hydrogens (primary N) is 1. The van der Waals surface area contributed by atoms with Gasteiger partial charge in [-0.3, -0.25) is 4.79 Å². The molecule has 1 heterocycles. The van der Waals surface area contributed by atoms with E-state index in [0.29, 0.717) is 23.3 Å². The summed E-state index contributed by atoms with van der Waals surface area (Å²) in [6.45, 7) is -4.60. The second-order valence-electron chi connectivity index (χ2n) is 4.97. The molecule has 2 aliphatic rings. The molecule has 94 valence electrons. The fourth-order valence-electron chi connectivity index (χ4n) is 3.10. The highest BCUT2D eigenvalue weighted by atomic mass is 16.1. The van der Waals surface area contributed by atoms with Crippen molar-refractivity contribution in [3.05, 3.63) is 57.0 Å². The van der Waals surface area contributed by atoms with Crippen molar-refractivity contribution in [3.8, 4) is 0 Å². The Hall–Kier alpha value is -1.61. The SMILES string of the molecule is [2H]C([2H])([2H])/C=C1\[C@H]2C=C(C([2H])([2H])[2H])C[C@]1(N)c1ccc(=O)[nH]c1C2. The van der Waals surface area contributed by atoms with E-state index in [4.69, 9.17) is 14.0 Å². The lowest BCUT2D eigenvalue weighted by Crippen LogP contribution is -2.48. The van der Waals surface area contributed by atoms with Gasteiger partial charge in [-0.05, 0) is 43.7 Å². The molecule has 0 unspecified atom stereocenters. The van der Waals surface area contributed by atoms with Gasteiger partial charge in [0.05, 0.1) is 5.54 Å². The van der Waals surface area contributed by atoms with Crippen LogP contribution in [0.25, 0.3) is 0 Å². The van der Waals surface area contributed by atoms with Gasteiger partial charge in [0, 0.05) is 25.9 Å². The first kappa shape index (κ1) is 6.53. The third-order valence-corrected chi connectivity index (χ3v) is 3.85. The zero-order valence-electron chi connectivity index (χ0n) is 15.8. The summed E-state index contributed by atoms with van der Waals surface area (Å²) in [6, 6.07) is 2.90. The zero-order chi connectivity index (χ0) is 17.9. The van der Waals surface area contributed by atoms with Crippen LogP contribution in [0, 0.1) is 5.92 Å². The van der Waals surface area contributed by atoms with E-state index in [1.807, 2.05) is 0 Å². The normalized spacial score (nSPS) is 38.4. The molecule has 3 N–H and O–H groups in total. The second-order valence-corrected chi connectivity index (χ2v) is 4.97. The summed E-state index contributed by atoms with van der Waals surface area (Å²) in [5.74, 6) is -0.454. The number of pyridine rings is 1. The van der Waals surface area contributed by atoms with Crippen LogP contribution in [0.15, 0.2) is 40.2 Å². The van der Waals surface area contributed by atoms with E-state index >= 15 is 0 Å². The highest BCUT2D eigenvalue weighted by molar-refractivity contribution is 5.48. The summed E-state index contributed by atoms with van der Waals surface area (Å²) in [6.07, 6.45) is 3.08. The fourth-order valence-corrected chi connectivity index (χ4v) is 3.10. The van der Waals surface area contributed by atoms with Gasteiger partial charge in [0.15, 0.2) is 0 Å². The highest BCUT2D eigenvalue weighted by Gasteiger charge is 2.43.